The van der Waals surface area contributed by atoms with Gasteiger partial charge in [-0.25, -0.2) is 0 Å². The van der Waals surface area contributed by atoms with Gasteiger partial charge in [0.25, 0.3) is 0 Å². The first-order valence-electron chi connectivity index (χ1n) is 6.72. The van der Waals surface area contributed by atoms with E-state index in [-0.39, 0.29) is 0 Å². The molecule has 0 aromatic heterocycles. The van der Waals surface area contributed by atoms with Crippen molar-refractivity contribution in [3.63, 3.8) is 0 Å². The van der Waals surface area contributed by atoms with Gasteiger partial charge in [-0.3, -0.25) is 0 Å². The van der Waals surface area contributed by atoms with Gasteiger partial charge in [-0.05, 0) is 43.4 Å². The first-order chi connectivity index (χ1) is 7.42. The summed E-state index contributed by atoms with van der Waals surface area (Å²) >= 11 is 0. The second-order valence-electron chi connectivity index (χ2n) is 6.80. The lowest BCUT2D eigenvalue weighted by atomic mass is 9.65. The van der Waals surface area contributed by atoms with Crippen LogP contribution in [0.25, 0.3) is 0 Å². The Kier molecular flexibility index (Phi) is 3.33. The van der Waals surface area contributed by atoms with Gasteiger partial charge in [-0.2, -0.15) is 0 Å². The molecule has 94 valence electrons. The number of hydrogen-bond acceptors (Lipinski definition) is 2. The highest BCUT2D eigenvalue weighted by Gasteiger charge is 2.43. The van der Waals surface area contributed by atoms with E-state index in [0.29, 0.717) is 11.3 Å². The molecule has 2 fully saturated rings. The third kappa shape index (κ3) is 2.43. The summed E-state index contributed by atoms with van der Waals surface area (Å²) in [7, 11) is 0. The van der Waals surface area contributed by atoms with E-state index in [2.05, 4.69) is 20.8 Å². The Balaban J connectivity index is 1.93. The molecule has 1 aliphatic heterocycles. The van der Waals surface area contributed by atoms with Crippen LogP contribution < -0.4 is 0 Å². The number of ether oxygens (including phenoxy) is 1. The molecule has 0 aromatic rings. The van der Waals surface area contributed by atoms with Gasteiger partial charge in [0.1, 0.15) is 0 Å². The molecule has 0 spiro atoms. The van der Waals surface area contributed by atoms with Crippen molar-refractivity contribution >= 4 is 0 Å². The lowest BCUT2D eigenvalue weighted by molar-refractivity contribution is -0.0707. The van der Waals surface area contributed by atoms with E-state index in [0.717, 1.165) is 38.4 Å². The molecule has 1 aliphatic carbocycles. The van der Waals surface area contributed by atoms with Crippen LogP contribution in [0.5, 0.6) is 0 Å². The van der Waals surface area contributed by atoms with Crippen LogP contribution in [0.2, 0.25) is 0 Å². The summed E-state index contributed by atoms with van der Waals surface area (Å²) in [5.74, 6) is 1.17. The maximum absolute atomic E-state index is 10.7. The lowest BCUT2D eigenvalue weighted by Crippen LogP contribution is -2.43. The van der Waals surface area contributed by atoms with E-state index in [1.54, 1.807) is 0 Å². The summed E-state index contributed by atoms with van der Waals surface area (Å²) in [6.07, 6.45) is 5.36. The molecule has 0 radical (unpaired) electrons. The second-order valence-corrected chi connectivity index (χ2v) is 6.80. The molecule has 1 saturated heterocycles. The van der Waals surface area contributed by atoms with Crippen LogP contribution in [0.1, 0.15) is 52.9 Å². The van der Waals surface area contributed by atoms with Gasteiger partial charge in [0.05, 0.1) is 12.2 Å². The lowest BCUT2D eigenvalue weighted by Gasteiger charge is -2.43. The van der Waals surface area contributed by atoms with E-state index in [1.165, 1.54) is 12.8 Å². The predicted octanol–water partition coefficient (Wildman–Crippen LogP) is 2.99. The Morgan fingerprint density at radius 1 is 1.12 bits per heavy atom. The third-order valence-corrected chi connectivity index (χ3v) is 4.77. The Labute approximate surface area is 99.4 Å². The first kappa shape index (κ1) is 12.4. The minimum Gasteiger partial charge on any atom is -0.390 e. The maximum atomic E-state index is 10.7. The van der Waals surface area contributed by atoms with Crippen LogP contribution in [0.15, 0.2) is 0 Å². The van der Waals surface area contributed by atoms with Crippen molar-refractivity contribution in [2.45, 2.75) is 58.5 Å². The second kappa shape index (κ2) is 4.30. The van der Waals surface area contributed by atoms with Gasteiger partial charge in [-0.1, -0.05) is 20.8 Å². The monoisotopic (exact) mass is 226 g/mol. The van der Waals surface area contributed by atoms with Crippen LogP contribution in [0.3, 0.4) is 0 Å². The maximum Gasteiger partial charge on any atom is 0.0698 e. The zero-order chi connectivity index (χ0) is 11.8. The van der Waals surface area contributed by atoms with E-state index < -0.39 is 5.60 Å². The molecule has 1 N–H and O–H groups in total. The quantitative estimate of drug-likeness (QED) is 0.745. The predicted molar refractivity (Wildman–Crippen MR) is 65.3 cm³/mol. The zero-order valence-electron chi connectivity index (χ0n) is 11.0. The molecule has 1 saturated carbocycles. The summed E-state index contributed by atoms with van der Waals surface area (Å²) in [5, 5.41) is 10.7. The SMILES string of the molecule is CC(C)(C)C1CCC(O)(C2CCOC2)CC1. The molecule has 2 nitrogen and oxygen atoms in total. The van der Waals surface area contributed by atoms with Crippen molar-refractivity contribution in [2.75, 3.05) is 13.2 Å². The first-order valence-corrected chi connectivity index (χ1v) is 6.72. The molecule has 2 aliphatic rings. The molecule has 16 heavy (non-hydrogen) atoms. The summed E-state index contributed by atoms with van der Waals surface area (Å²) in [6.45, 7) is 8.58. The molecular weight excluding hydrogens is 200 g/mol. The molecule has 0 amide bonds. The molecule has 1 heterocycles. The van der Waals surface area contributed by atoms with Gasteiger partial charge >= 0.3 is 0 Å². The fraction of sp³-hybridized carbons (Fsp3) is 1.00. The molecule has 0 aromatic carbocycles. The molecule has 1 unspecified atom stereocenters. The van der Waals surface area contributed by atoms with Crippen LogP contribution in [0.4, 0.5) is 0 Å². The average molecular weight is 226 g/mol. The van der Waals surface area contributed by atoms with Crippen molar-refractivity contribution in [3.05, 3.63) is 0 Å². The van der Waals surface area contributed by atoms with E-state index in [9.17, 15) is 5.11 Å². The number of aliphatic hydroxyl groups is 1. The highest BCUT2D eigenvalue weighted by Crippen LogP contribution is 2.45. The Hall–Kier alpha value is -0.0800. The molecular formula is C14H26O2. The van der Waals surface area contributed by atoms with Crippen LogP contribution in [-0.4, -0.2) is 23.9 Å². The molecule has 2 rings (SSSR count). The van der Waals surface area contributed by atoms with Crippen LogP contribution in [0, 0.1) is 17.3 Å². The molecule has 0 bridgehead atoms. The summed E-state index contributed by atoms with van der Waals surface area (Å²) < 4.78 is 5.41. The van der Waals surface area contributed by atoms with Gasteiger partial charge in [-0.15, -0.1) is 0 Å². The van der Waals surface area contributed by atoms with Crippen LogP contribution in [-0.2, 0) is 4.74 Å². The Morgan fingerprint density at radius 2 is 1.75 bits per heavy atom. The number of hydrogen-bond donors (Lipinski definition) is 1. The summed E-state index contributed by atoms with van der Waals surface area (Å²) in [6, 6.07) is 0. The Morgan fingerprint density at radius 3 is 2.19 bits per heavy atom. The Bertz CT molecular complexity index is 228. The summed E-state index contributed by atoms with van der Waals surface area (Å²) in [5.41, 5.74) is -0.0221. The van der Waals surface area contributed by atoms with Crippen molar-refractivity contribution in [2.24, 2.45) is 17.3 Å². The van der Waals surface area contributed by atoms with Gasteiger partial charge in [0.2, 0.25) is 0 Å². The van der Waals surface area contributed by atoms with Crippen molar-refractivity contribution < 1.29 is 9.84 Å². The minimum atomic E-state index is -0.418. The average Bonchev–Trinajstić information content (AvgIpc) is 2.70. The van der Waals surface area contributed by atoms with E-state index in [4.69, 9.17) is 4.74 Å². The number of rotatable bonds is 1. The molecule has 2 heteroatoms. The standard InChI is InChI=1S/C14H26O2/c1-13(2,3)11-4-7-14(15,8-5-11)12-6-9-16-10-12/h11-12,15H,4-10H2,1-3H3. The molecule has 1 atom stereocenters. The topological polar surface area (TPSA) is 29.5 Å². The smallest absolute Gasteiger partial charge is 0.0698 e. The van der Waals surface area contributed by atoms with Gasteiger partial charge < -0.3 is 9.84 Å². The highest BCUT2D eigenvalue weighted by molar-refractivity contribution is 4.94. The van der Waals surface area contributed by atoms with Gasteiger partial charge in [0, 0.05) is 12.5 Å². The normalized spacial score (nSPS) is 41.2. The van der Waals surface area contributed by atoms with E-state index in [1.807, 2.05) is 0 Å². The van der Waals surface area contributed by atoms with Gasteiger partial charge in [0.15, 0.2) is 0 Å². The van der Waals surface area contributed by atoms with Crippen molar-refractivity contribution in [1.82, 2.24) is 0 Å². The fourth-order valence-corrected chi connectivity index (χ4v) is 3.35. The fourth-order valence-electron chi connectivity index (χ4n) is 3.35. The summed E-state index contributed by atoms with van der Waals surface area (Å²) in [4.78, 5) is 0. The van der Waals surface area contributed by atoms with Crippen molar-refractivity contribution in [3.8, 4) is 0 Å². The largest absolute Gasteiger partial charge is 0.390 e. The zero-order valence-corrected chi connectivity index (χ0v) is 11.0. The van der Waals surface area contributed by atoms with Crippen molar-refractivity contribution in [1.29, 1.82) is 0 Å². The minimum absolute atomic E-state index is 0.396. The highest BCUT2D eigenvalue weighted by atomic mass is 16.5. The van der Waals surface area contributed by atoms with Crippen LogP contribution >= 0.6 is 0 Å². The van der Waals surface area contributed by atoms with E-state index >= 15 is 0 Å². The third-order valence-electron chi connectivity index (χ3n) is 4.77.